The van der Waals surface area contributed by atoms with Gasteiger partial charge in [0.15, 0.2) is 5.96 Å². The standard InChI is InChI=1S/C14H21N7OS/c1-14(9-8-23-13(17-9)19-12(15)16)6-4-5-10(20-14)18-11(22)7-21(2)3/h4-6,8,20H,7H2,1-3H3,(H,18,22)(H4,15,16,17,19). The van der Waals surface area contributed by atoms with E-state index in [1.54, 1.807) is 11.0 Å². The lowest BCUT2D eigenvalue weighted by Crippen LogP contribution is -2.46. The first kappa shape index (κ1) is 17.0. The van der Waals surface area contributed by atoms with Crippen molar-refractivity contribution in [3.8, 4) is 0 Å². The zero-order valence-corrected chi connectivity index (χ0v) is 14.1. The first-order valence-corrected chi connectivity index (χ1v) is 7.84. The first-order chi connectivity index (χ1) is 10.8. The summed E-state index contributed by atoms with van der Waals surface area (Å²) in [6.45, 7) is 2.27. The minimum absolute atomic E-state index is 0.0280. The van der Waals surface area contributed by atoms with E-state index in [0.717, 1.165) is 5.69 Å². The van der Waals surface area contributed by atoms with Crippen molar-refractivity contribution in [3.63, 3.8) is 0 Å². The Hall–Kier alpha value is -2.39. The van der Waals surface area contributed by atoms with Crippen molar-refractivity contribution < 1.29 is 4.79 Å². The number of aromatic nitrogens is 1. The van der Waals surface area contributed by atoms with Crippen LogP contribution in [-0.2, 0) is 10.3 Å². The molecule has 6 N–H and O–H groups in total. The summed E-state index contributed by atoms with van der Waals surface area (Å²) in [7, 11) is 3.68. The Labute approximate surface area is 139 Å². The van der Waals surface area contributed by atoms with Gasteiger partial charge in [-0.15, -0.1) is 11.3 Å². The van der Waals surface area contributed by atoms with E-state index in [1.807, 2.05) is 38.6 Å². The summed E-state index contributed by atoms with van der Waals surface area (Å²) in [6, 6.07) is 0. The maximum absolute atomic E-state index is 11.9. The highest BCUT2D eigenvalue weighted by molar-refractivity contribution is 7.13. The van der Waals surface area contributed by atoms with Crippen LogP contribution in [0.2, 0.25) is 0 Å². The number of nitrogens with zero attached hydrogens (tertiary/aromatic N) is 3. The molecule has 1 unspecified atom stereocenters. The summed E-state index contributed by atoms with van der Waals surface area (Å²) >= 11 is 1.35. The molecule has 9 heteroatoms. The predicted molar refractivity (Wildman–Crippen MR) is 92.0 cm³/mol. The summed E-state index contributed by atoms with van der Waals surface area (Å²) < 4.78 is 0. The Bertz CT molecular complexity index is 672. The number of hydrogen-bond donors (Lipinski definition) is 4. The van der Waals surface area contributed by atoms with Crippen LogP contribution >= 0.6 is 11.3 Å². The van der Waals surface area contributed by atoms with Gasteiger partial charge in [-0.1, -0.05) is 12.2 Å². The van der Waals surface area contributed by atoms with E-state index in [2.05, 4.69) is 20.6 Å². The average molecular weight is 335 g/mol. The van der Waals surface area contributed by atoms with Gasteiger partial charge in [-0.2, -0.15) is 4.99 Å². The number of carbonyl (C=O) groups excluding carboxylic acids is 1. The maximum atomic E-state index is 11.9. The first-order valence-electron chi connectivity index (χ1n) is 6.96. The average Bonchev–Trinajstić information content (AvgIpc) is 2.86. The minimum atomic E-state index is -0.552. The van der Waals surface area contributed by atoms with E-state index in [1.165, 1.54) is 11.3 Å². The highest BCUT2D eigenvalue weighted by Crippen LogP contribution is 2.30. The molecule has 0 saturated heterocycles. The fraction of sp³-hybridized carbons (Fsp3) is 0.357. The summed E-state index contributed by atoms with van der Waals surface area (Å²) in [4.78, 5) is 22.0. The number of aliphatic imine (C=N–C) groups is 1. The molecule has 0 fully saturated rings. The zero-order valence-electron chi connectivity index (χ0n) is 13.3. The van der Waals surface area contributed by atoms with E-state index in [0.29, 0.717) is 17.5 Å². The lowest BCUT2D eigenvalue weighted by Gasteiger charge is -2.31. The largest absolute Gasteiger partial charge is 0.370 e. The third-order valence-corrected chi connectivity index (χ3v) is 3.80. The minimum Gasteiger partial charge on any atom is -0.370 e. The Balaban J connectivity index is 2.10. The molecule has 23 heavy (non-hydrogen) atoms. The Morgan fingerprint density at radius 3 is 2.91 bits per heavy atom. The molecule has 8 nitrogen and oxygen atoms in total. The number of nitrogens with one attached hydrogen (secondary N) is 2. The van der Waals surface area contributed by atoms with Crippen LogP contribution in [0, 0.1) is 0 Å². The topological polar surface area (TPSA) is 122 Å². The maximum Gasteiger partial charge on any atom is 0.239 e. The second kappa shape index (κ2) is 6.80. The molecule has 1 atom stereocenters. The van der Waals surface area contributed by atoms with Crippen LogP contribution in [0.25, 0.3) is 0 Å². The van der Waals surface area contributed by atoms with Crippen LogP contribution in [0.4, 0.5) is 5.13 Å². The van der Waals surface area contributed by atoms with E-state index in [-0.39, 0.29) is 11.9 Å². The van der Waals surface area contributed by atoms with Crippen LogP contribution in [0.15, 0.2) is 34.4 Å². The molecule has 2 heterocycles. The molecule has 0 bridgehead atoms. The summed E-state index contributed by atoms with van der Waals surface area (Å²) in [5.41, 5.74) is 10.9. The number of rotatable bonds is 5. The molecule has 0 saturated carbocycles. The van der Waals surface area contributed by atoms with Gasteiger partial charge in [0.25, 0.3) is 0 Å². The van der Waals surface area contributed by atoms with Gasteiger partial charge in [0.2, 0.25) is 11.0 Å². The second-order valence-corrected chi connectivity index (χ2v) is 6.44. The molecule has 0 spiro atoms. The van der Waals surface area contributed by atoms with Crippen LogP contribution in [0.3, 0.4) is 0 Å². The van der Waals surface area contributed by atoms with Gasteiger partial charge in [0, 0.05) is 5.38 Å². The molecule has 0 aromatic carbocycles. The van der Waals surface area contributed by atoms with Crippen LogP contribution in [-0.4, -0.2) is 42.4 Å². The lowest BCUT2D eigenvalue weighted by atomic mass is 9.96. The summed E-state index contributed by atoms with van der Waals surface area (Å²) in [5.74, 6) is 0.504. The fourth-order valence-electron chi connectivity index (χ4n) is 2.06. The molecule has 124 valence electrons. The molecule has 1 amide bonds. The Morgan fingerprint density at radius 2 is 2.26 bits per heavy atom. The number of dihydropyridines is 1. The van der Waals surface area contributed by atoms with E-state index < -0.39 is 5.54 Å². The molecule has 1 aromatic rings. The third kappa shape index (κ3) is 4.54. The van der Waals surface area contributed by atoms with Gasteiger partial charge in [-0.25, -0.2) is 4.98 Å². The quantitative estimate of drug-likeness (QED) is 0.442. The third-order valence-electron chi connectivity index (χ3n) is 3.07. The zero-order chi connectivity index (χ0) is 17.0. The molecule has 2 rings (SSSR count). The van der Waals surface area contributed by atoms with E-state index in [4.69, 9.17) is 11.5 Å². The van der Waals surface area contributed by atoms with Crippen molar-refractivity contribution in [2.45, 2.75) is 12.5 Å². The van der Waals surface area contributed by atoms with Crippen LogP contribution < -0.4 is 22.1 Å². The number of hydrogen-bond acceptors (Lipinski definition) is 6. The number of carbonyl (C=O) groups is 1. The molecule has 1 aliphatic heterocycles. The highest BCUT2D eigenvalue weighted by atomic mass is 32.1. The van der Waals surface area contributed by atoms with Gasteiger partial charge in [-0.3, -0.25) is 4.79 Å². The fourth-order valence-corrected chi connectivity index (χ4v) is 2.89. The van der Waals surface area contributed by atoms with Gasteiger partial charge in [0.1, 0.15) is 5.82 Å². The summed E-state index contributed by atoms with van der Waals surface area (Å²) in [6.07, 6.45) is 5.64. The molecule has 1 aliphatic rings. The number of guanidine groups is 1. The second-order valence-electron chi connectivity index (χ2n) is 5.60. The van der Waals surface area contributed by atoms with Crippen molar-refractivity contribution in [3.05, 3.63) is 35.1 Å². The molecular weight excluding hydrogens is 314 g/mol. The number of allylic oxidation sites excluding steroid dienone is 2. The highest BCUT2D eigenvalue weighted by Gasteiger charge is 2.29. The van der Waals surface area contributed by atoms with Crippen molar-refractivity contribution in [1.82, 2.24) is 20.5 Å². The number of thiazole rings is 1. The number of likely N-dealkylation sites (N-methyl/N-ethyl adjacent to an activating group) is 1. The van der Waals surface area contributed by atoms with Gasteiger partial charge >= 0.3 is 0 Å². The van der Waals surface area contributed by atoms with Gasteiger partial charge in [0.05, 0.1) is 17.8 Å². The number of nitrogens with two attached hydrogens (primary N) is 2. The monoisotopic (exact) mass is 335 g/mol. The van der Waals surface area contributed by atoms with Crippen molar-refractivity contribution in [2.75, 3.05) is 20.6 Å². The van der Waals surface area contributed by atoms with Crippen molar-refractivity contribution >= 4 is 28.3 Å². The van der Waals surface area contributed by atoms with Gasteiger partial charge < -0.3 is 27.0 Å². The predicted octanol–water partition coefficient (Wildman–Crippen LogP) is -0.0582. The lowest BCUT2D eigenvalue weighted by molar-refractivity contribution is -0.121. The van der Waals surface area contributed by atoms with Crippen molar-refractivity contribution in [1.29, 1.82) is 0 Å². The Kier molecular flexibility index (Phi) is 5.02. The molecule has 0 radical (unpaired) electrons. The van der Waals surface area contributed by atoms with Gasteiger partial charge in [-0.05, 0) is 27.1 Å². The number of amides is 1. The van der Waals surface area contributed by atoms with Crippen molar-refractivity contribution in [2.24, 2.45) is 16.5 Å². The van der Waals surface area contributed by atoms with Crippen LogP contribution in [0.1, 0.15) is 12.6 Å². The smallest absolute Gasteiger partial charge is 0.239 e. The molecule has 1 aromatic heterocycles. The Morgan fingerprint density at radius 1 is 1.52 bits per heavy atom. The SMILES string of the molecule is CN(C)CC(=O)NC1=CC=CC(C)(c2csc(N=C(N)N)n2)N1. The van der Waals surface area contributed by atoms with E-state index in [9.17, 15) is 4.79 Å². The molecule has 0 aliphatic carbocycles. The van der Waals surface area contributed by atoms with Crippen LogP contribution in [0.5, 0.6) is 0 Å². The molecular formula is C14H21N7OS. The summed E-state index contributed by atoms with van der Waals surface area (Å²) in [5, 5.41) is 8.48. The van der Waals surface area contributed by atoms with E-state index >= 15 is 0 Å². The normalized spacial score (nSPS) is 19.9.